The standard InChI is InChI=1S/C19H20ClNO/c1-19-13-21(10-14-6-3-2-4-7-14)11-17(19)15-8-5-9-18(20)16(15)12-22-19/h2-9,17H,10-13H2,1H3/t17?,19-/m0/s1. The molecule has 2 aromatic rings. The number of benzene rings is 2. The molecule has 0 saturated carbocycles. The van der Waals surface area contributed by atoms with Gasteiger partial charge in [0, 0.05) is 30.6 Å². The molecule has 2 nitrogen and oxygen atoms in total. The van der Waals surface area contributed by atoms with Crippen LogP contribution < -0.4 is 0 Å². The van der Waals surface area contributed by atoms with Gasteiger partial charge < -0.3 is 4.74 Å². The van der Waals surface area contributed by atoms with Gasteiger partial charge in [0.2, 0.25) is 0 Å². The molecule has 0 amide bonds. The van der Waals surface area contributed by atoms with Crippen molar-refractivity contribution in [3.63, 3.8) is 0 Å². The van der Waals surface area contributed by atoms with Crippen LogP contribution in [0.2, 0.25) is 5.02 Å². The smallest absolute Gasteiger partial charge is 0.0866 e. The third-order valence-electron chi connectivity index (χ3n) is 5.04. The Balaban J connectivity index is 1.61. The van der Waals surface area contributed by atoms with Crippen LogP contribution in [0, 0.1) is 0 Å². The Hall–Kier alpha value is -1.35. The van der Waals surface area contributed by atoms with Crippen LogP contribution in [-0.4, -0.2) is 23.6 Å². The zero-order valence-corrected chi connectivity index (χ0v) is 13.5. The molecular weight excluding hydrogens is 294 g/mol. The zero-order valence-electron chi connectivity index (χ0n) is 12.8. The van der Waals surface area contributed by atoms with E-state index in [-0.39, 0.29) is 5.60 Å². The minimum Gasteiger partial charge on any atom is -0.369 e. The number of likely N-dealkylation sites (tertiary alicyclic amines) is 1. The number of ether oxygens (including phenoxy) is 1. The second-order valence-corrected chi connectivity index (χ2v) is 7.02. The molecule has 3 heteroatoms. The summed E-state index contributed by atoms with van der Waals surface area (Å²) in [7, 11) is 0. The highest BCUT2D eigenvalue weighted by atomic mass is 35.5. The van der Waals surface area contributed by atoms with E-state index >= 15 is 0 Å². The molecule has 1 unspecified atom stereocenters. The maximum absolute atomic E-state index is 6.35. The number of rotatable bonds is 2. The number of hydrogen-bond acceptors (Lipinski definition) is 2. The van der Waals surface area contributed by atoms with E-state index in [0.717, 1.165) is 24.7 Å². The molecule has 2 aromatic carbocycles. The van der Waals surface area contributed by atoms with Crippen LogP contribution in [0.3, 0.4) is 0 Å². The molecule has 22 heavy (non-hydrogen) atoms. The number of fused-ring (bicyclic) bond motifs is 3. The Kier molecular flexibility index (Phi) is 3.48. The largest absolute Gasteiger partial charge is 0.369 e. The Morgan fingerprint density at radius 1 is 1.18 bits per heavy atom. The summed E-state index contributed by atoms with van der Waals surface area (Å²) in [6, 6.07) is 16.9. The number of nitrogens with zero attached hydrogens (tertiary/aromatic N) is 1. The molecule has 114 valence electrons. The normalized spacial score (nSPS) is 27.5. The molecule has 0 radical (unpaired) electrons. The van der Waals surface area contributed by atoms with Crippen molar-refractivity contribution in [2.75, 3.05) is 13.1 Å². The third kappa shape index (κ3) is 2.36. The van der Waals surface area contributed by atoms with Crippen LogP contribution in [-0.2, 0) is 17.9 Å². The van der Waals surface area contributed by atoms with Crippen LogP contribution in [0.1, 0.15) is 29.5 Å². The van der Waals surface area contributed by atoms with Gasteiger partial charge in [0.05, 0.1) is 12.2 Å². The summed E-state index contributed by atoms with van der Waals surface area (Å²) in [5.41, 5.74) is 3.80. The molecule has 0 bridgehead atoms. The van der Waals surface area contributed by atoms with Crippen molar-refractivity contribution in [2.45, 2.75) is 31.6 Å². The van der Waals surface area contributed by atoms with Crippen molar-refractivity contribution < 1.29 is 4.74 Å². The van der Waals surface area contributed by atoms with Crippen LogP contribution in [0.4, 0.5) is 0 Å². The molecule has 1 fully saturated rings. The van der Waals surface area contributed by atoms with Gasteiger partial charge in [0.25, 0.3) is 0 Å². The van der Waals surface area contributed by atoms with Crippen molar-refractivity contribution in [3.05, 3.63) is 70.2 Å². The second-order valence-electron chi connectivity index (χ2n) is 6.62. The number of halogens is 1. The van der Waals surface area contributed by atoms with Crippen LogP contribution in [0.5, 0.6) is 0 Å². The Morgan fingerprint density at radius 2 is 2.00 bits per heavy atom. The first-order valence-corrected chi connectivity index (χ1v) is 8.21. The Morgan fingerprint density at radius 3 is 2.82 bits per heavy atom. The lowest BCUT2D eigenvalue weighted by Gasteiger charge is -2.37. The lowest BCUT2D eigenvalue weighted by molar-refractivity contribution is -0.0567. The van der Waals surface area contributed by atoms with Gasteiger partial charge in [-0.05, 0) is 29.7 Å². The summed E-state index contributed by atoms with van der Waals surface area (Å²) in [5, 5.41) is 0.834. The molecule has 4 rings (SSSR count). The summed E-state index contributed by atoms with van der Waals surface area (Å²) in [5.74, 6) is 0.402. The maximum Gasteiger partial charge on any atom is 0.0866 e. The average Bonchev–Trinajstić information content (AvgIpc) is 2.85. The van der Waals surface area contributed by atoms with E-state index in [1.165, 1.54) is 16.7 Å². The van der Waals surface area contributed by atoms with Crippen LogP contribution in [0.15, 0.2) is 48.5 Å². The summed E-state index contributed by atoms with van der Waals surface area (Å²) >= 11 is 6.35. The molecule has 0 N–H and O–H groups in total. The van der Waals surface area contributed by atoms with Gasteiger partial charge in [-0.25, -0.2) is 0 Å². The summed E-state index contributed by atoms with van der Waals surface area (Å²) in [6.07, 6.45) is 0. The van der Waals surface area contributed by atoms with Crippen molar-refractivity contribution in [1.82, 2.24) is 4.90 Å². The minimum absolute atomic E-state index is 0.105. The first kappa shape index (κ1) is 14.3. The molecule has 2 atom stereocenters. The van der Waals surface area contributed by atoms with Gasteiger partial charge in [-0.1, -0.05) is 54.1 Å². The van der Waals surface area contributed by atoms with E-state index < -0.39 is 0 Å². The molecule has 1 saturated heterocycles. The quantitative estimate of drug-likeness (QED) is 0.822. The van der Waals surface area contributed by atoms with Crippen molar-refractivity contribution >= 4 is 11.6 Å². The van der Waals surface area contributed by atoms with Gasteiger partial charge in [-0.2, -0.15) is 0 Å². The Labute approximate surface area is 136 Å². The van der Waals surface area contributed by atoms with Crippen molar-refractivity contribution in [2.24, 2.45) is 0 Å². The fourth-order valence-electron chi connectivity index (χ4n) is 3.90. The Bertz CT molecular complexity index is 687. The maximum atomic E-state index is 6.35. The van der Waals surface area contributed by atoms with E-state index in [1.54, 1.807) is 0 Å². The van der Waals surface area contributed by atoms with Gasteiger partial charge in [-0.15, -0.1) is 0 Å². The van der Waals surface area contributed by atoms with Crippen LogP contribution in [0.25, 0.3) is 0 Å². The first-order valence-electron chi connectivity index (χ1n) is 7.83. The lowest BCUT2D eigenvalue weighted by Crippen LogP contribution is -2.40. The molecule has 2 aliphatic rings. The highest BCUT2D eigenvalue weighted by Gasteiger charge is 2.48. The van der Waals surface area contributed by atoms with Crippen molar-refractivity contribution in [1.29, 1.82) is 0 Å². The van der Waals surface area contributed by atoms with Crippen LogP contribution >= 0.6 is 11.6 Å². The van der Waals surface area contributed by atoms with Gasteiger partial charge in [0.15, 0.2) is 0 Å². The van der Waals surface area contributed by atoms with Gasteiger partial charge in [0.1, 0.15) is 0 Å². The summed E-state index contributed by atoms with van der Waals surface area (Å²) in [4.78, 5) is 2.50. The number of hydrogen-bond donors (Lipinski definition) is 0. The SMILES string of the molecule is C[C@]12CN(Cc3ccccc3)CC1c1cccc(Cl)c1CO2. The molecule has 2 heterocycles. The lowest BCUT2D eigenvalue weighted by atomic mass is 9.81. The van der Waals surface area contributed by atoms with E-state index in [1.807, 2.05) is 6.07 Å². The van der Waals surface area contributed by atoms with E-state index in [2.05, 4.69) is 54.3 Å². The second kappa shape index (κ2) is 5.38. The van der Waals surface area contributed by atoms with Crippen molar-refractivity contribution in [3.8, 4) is 0 Å². The van der Waals surface area contributed by atoms with E-state index in [0.29, 0.717) is 12.5 Å². The fraction of sp³-hybridized carbons (Fsp3) is 0.368. The minimum atomic E-state index is -0.105. The highest BCUT2D eigenvalue weighted by molar-refractivity contribution is 6.31. The molecule has 0 aliphatic carbocycles. The topological polar surface area (TPSA) is 12.5 Å². The molecule has 2 aliphatic heterocycles. The highest BCUT2D eigenvalue weighted by Crippen LogP contribution is 2.45. The third-order valence-corrected chi connectivity index (χ3v) is 5.40. The van der Waals surface area contributed by atoms with Gasteiger partial charge in [-0.3, -0.25) is 4.90 Å². The molecule has 0 aromatic heterocycles. The monoisotopic (exact) mass is 313 g/mol. The summed E-state index contributed by atoms with van der Waals surface area (Å²) in [6.45, 7) is 5.84. The predicted octanol–water partition coefficient (Wildman–Crippen LogP) is 4.23. The molecule has 0 spiro atoms. The fourth-order valence-corrected chi connectivity index (χ4v) is 4.13. The molecular formula is C19H20ClNO. The first-order chi connectivity index (χ1) is 10.7. The van der Waals surface area contributed by atoms with Gasteiger partial charge >= 0.3 is 0 Å². The van der Waals surface area contributed by atoms with E-state index in [9.17, 15) is 0 Å². The zero-order chi connectivity index (χ0) is 15.2. The summed E-state index contributed by atoms with van der Waals surface area (Å²) < 4.78 is 6.24. The average molecular weight is 314 g/mol. The predicted molar refractivity (Wildman–Crippen MR) is 89.1 cm³/mol. The van der Waals surface area contributed by atoms with E-state index in [4.69, 9.17) is 16.3 Å².